The summed E-state index contributed by atoms with van der Waals surface area (Å²) in [6.45, 7) is 2.02. The fraction of sp³-hybridized carbons (Fsp3) is 0.263. The third-order valence-electron chi connectivity index (χ3n) is 3.44. The number of rotatable bonds is 8. The van der Waals surface area contributed by atoms with Crippen molar-refractivity contribution in [3.63, 3.8) is 0 Å². The lowest BCUT2D eigenvalue weighted by atomic mass is 10.2. The molecule has 0 atom stereocenters. The third kappa shape index (κ3) is 6.12. The number of hydrogen-bond acceptors (Lipinski definition) is 3. The number of hydrogen-bond donors (Lipinski definition) is 2. The maximum Gasteiger partial charge on any atom is 0.303 e. The average Bonchev–Trinajstić information content (AvgIpc) is 2.55. The minimum Gasteiger partial charge on any atom is -0.481 e. The quantitative estimate of drug-likeness (QED) is 0.706. The standard InChI is InChI=1S/C19H21NO4/c1-14-6-10-16(11-7-14)24-17-12-8-15(9-13-17)20-18(21)4-2-3-5-19(22)23/h6-13H,2-5H2,1H3,(H,20,21)(H,22,23). The number of unbranched alkanes of at least 4 members (excludes halogenated alkanes) is 1. The molecule has 0 unspecified atom stereocenters. The Labute approximate surface area is 141 Å². The van der Waals surface area contributed by atoms with Crippen LogP contribution in [0.25, 0.3) is 0 Å². The Bertz CT molecular complexity index is 678. The third-order valence-corrected chi connectivity index (χ3v) is 3.44. The monoisotopic (exact) mass is 327 g/mol. The van der Waals surface area contributed by atoms with Crippen LogP contribution in [0.3, 0.4) is 0 Å². The molecule has 2 aromatic carbocycles. The molecule has 0 aromatic heterocycles. The van der Waals surface area contributed by atoms with Crippen LogP contribution in [0.4, 0.5) is 5.69 Å². The van der Waals surface area contributed by atoms with Crippen LogP contribution in [-0.4, -0.2) is 17.0 Å². The van der Waals surface area contributed by atoms with Gasteiger partial charge < -0.3 is 15.2 Å². The zero-order valence-corrected chi connectivity index (χ0v) is 13.6. The number of ether oxygens (including phenoxy) is 1. The summed E-state index contributed by atoms with van der Waals surface area (Å²) in [7, 11) is 0. The summed E-state index contributed by atoms with van der Waals surface area (Å²) in [5, 5.41) is 11.3. The van der Waals surface area contributed by atoms with E-state index in [2.05, 4.69) is 5.32 Å². The highest BCUT2D eigenvalue weighted by atomic mass is 16.5. The molecule has 1 amide bonds. The number of aliphatic carboxylic acids is 1. The van der Waals surface area contributed by atoms with Crippen molar-refractivity contribution in [2.45, 2.75) is 32.6 Å². The van der Waals surface area contributed by atoms with Gasteiger partial charge >= 0.3 is 5.97 Å². The van der Waals surface area contributed by atoms with Gasteiger partial charge in [0.2, 0.25) is 5.91 Å². The van der Waals surface area contributed by atoms with E-state index in [-0.39, 0.29) is 12.3 Å². The fourth-order valence-electron chi connectivity index (χ4n) is 2.13. The van der Waals surface area contributed by atoms with Gasteiger partial charge in [-0.3, -0.25) is 9.59 Å². The molecule has 0 saturated heterocycles. The molecule has 2 aromatic rings. The number of aryl methyl sites for hydroxylation is 1. The molecule has 0 fully saturated rings. The van der Waals surface area contributed by atoms with Crippen molar-refractivity contribution in [3.8, 4) is 11.5 Å². The largest absolute Gasteiger partial charge is 0.481 e. The lowest BCUT2D eigenvalue weighted by molar-refractivity contribution is -0.137. The Morgan fingerprint density at radius 2 is 1.46 bits per heavy atom. The molecule has 0 aliphatic heterocycles. The Hall–Kier alpha value is -2.82. The highest BCUT2D eigenvalue weighted by molar-refractivity contribution is 5.90. The summed E-state index contributed by atoms with van der Waals surface area (Å²) in [4.78, 5) is 22.2. The summed E-state index contributed by atoms with van der Waals surface area (Å²) < 4.78 is 5.73. The molecule has 2 N–H and O–H groups in total. The van der Waals surface area contributed by atoms with Crippen LogP contribution in [0.5, 0.6) is 11.5 Å². The molecule has 0 spiro atoms. The van der Waals surface area contributed by atoms with E-state index in [1.54, 1.807) is 24.3 Å². The number of carboxylic acids is 1. The highest BCUT2D eigenvalue weighted by Gasteiger charge is 2.04. The summed E-state index contributed by atoms with van der Waals surface area (Å²) >= 11 is 0. The number of anilines is 1. The Morgan fingerprint density at radius 1 is 0.917 bits per heavy atom. The van der Waals surface area contributed by atoms with Crippen LogP contribution in [0, 0.1) is 6.92 Å². The van der Waals surface area contributed by atoms with Gasteiger partial charge in [-0.2, -0.15) is 0 Å². The molecule has 0 saturated carbocycles. The SMILES string of the molecule is Cc1ccc(Oc2ccc(NC(=O)CCCCC(=O)O)cc2)cc1. The van der Waals surface area contributed by atoms with E-state index in [0.717, 1.165) is 5.75 Å². The number of benzene rings is 2. The molecular weight excluding hydrogens is 306 g/mol. The zero-order chi connectivity index (χ0) is 17.4. The van der Waals surface area contributed by atoms with Crippen LogP contribution < -0.4 is 10.1 Å². The zero-order valence-electron chi connectivity index (χ0n) is 13.6. The molecule has 5 heteroatoms. The number of carbonyl (C=O) groups excluding carboxylic acids is 1. The van der Waals surface area contributed by atoms with Crippen molar-refractivity contribution in [2.24, 2.45) is 0 Å². The van der Waals surface area contributed by atoms with Gasteiger partial charge in [0.15, 0.2) is 0 Å². The van der Waals surface area contributed by atoms with Gasteiger partial charge in [-0.15, -0.1) is 0 Å². The molecule has 5 nitrogen and oxygen atoms in total. The second-order valence-electron chi connectivity index (χ2n) is 5.59. The molecule has 0 aliphatic rings. The molecule has 24 heavy (non-hydrogen) atoms. The second kappa shape index (κ2) is 8.72. The van der Waals surface area contributed by atoms with Crippen LogP contribution in [0.1, 0.15) is 31.2 Å². The summed E-state index contributed by atoms with van der Waals surface area (Å²) in [5.41, 5.74) is 1.86. The van der Waals surface area contributed by atoms with Crippen molar-refractivity contribution in [2.75, 3.05) is 5.32 Å². The van der Waals surface area contributed by atoms with Gasteiger partial charge in [-0.05, 0) is 56.2 Å². The topological polar surface area (TPSA) is 75.6 Å². The van der Waals surface area contributed by atoms with Gasteiger partial charge in [0.05, 0.1) is 0 Å². The van der Waals surface area contributed by atoms with E-state index in [1.165, 1.54) is 5.56 Å². The van der Waals surface area contributed by atoms with Crippen molar-refractivity contribution in [1.29, 1.82) is 0 Å². The van der Waals surface area contributed by atoms with Crippen molar-refractivity contribution in [3.05, 3.63) is 54.1 Å². The van der Waals surface area contributed by atoms with Crippen LogP contribution in [-0.2, 0) is 9.59 Å². The molecule has 0 radical (unpaired) electrons. The van der Waals surface area contributed by atoms with E-state index in [1.807, 2.05) is 31.2 Å². The lowest BCUT2D eigenvalue weighted by Crippen LogP contribution is -2.11. The highest BCUT2D eigenvalue weighted by Crippen LogP contribution is 2.23. The van der Waals surface area contributed by atoms with Gasteiger partial charge in [-0.1, -0.05) is 17.7 Å². The number of carboxylic acid groups (broad SMARTS) is 1. The van der Waals surface area contributed by atoms with Crippen LogP contribution in [0.2, 0.25) is 0 Å². The number of amides is 1. The van der Waals surface area contributed by atoms with E-state index in [4.69, 9.17) is 9.84 Å². The fourth-order valence-corrected chi connectivity index (χ4v) is 2.13. The summed E-state index contributed by atoms with van der Waals surface area (Å²) in [5.74, 6) is 0.501. The minimum atomic E-state index is -0.834. The average molecular weight is 327 g/mol. The van der Waals surface area contributed by atoms with Crippen LogP contribution >= 0.6 is 0 Å². The molecule has 126 valence electrons. The minimum absolute atomic E-state index is 0.0956. The summed E-state index contributed by atoms with van der Waals surface area (Å²) in [6, 6.07) is 14.9. The smallest absolute Gasteiger partial charge is 0.303 e. The Morgan fingerprint density at radius 3 is 2.04 bits per heavy atom. The first-order valence-electron chi connectivity index (χ1n) is 7.89. The van der Waals surface area contributed by atoms with E-state index >= 15 is 0 Å². The first kappa shape index (κ1) is 17.5. The Kier molecular flexibility index (Phi) is 6.37. The molecular formula is C19H21NO4. The first-order valence-corrected chi connectivity index (χ1v) is 7.89. The maximum absolute atomic E-state index is 11.8. The first-order chi connectivity index (χ1) is 11.5. The molecule has 2 rings (SSSR count). The predicted octanol–water partition coefficient (Wildman–Crippen LogP) is 4.37. The number of nitrogens with one attached hydrogen (secondary N) is 1. The van der Waals surface area contributed by atoms with Crippen molar-refractivity contribution in [1.82, 2.24) is 0 Å². The van der Waals surface area contributed by atoms with Gasteiger partial charge in [0.25, 0.3) is 0 Å². The summed E-state index contributed by atoms with van der Waals surface area (Å²) in [6.07, 6.45) is 1.48. The van der Waals surface area contributed by atoms with Crippen LogP contribution in [0.15, 0.2) is 48.5 Å². The molecule has 0 heterocycles. The Balaban J connectivity index is 1.80. The number of carbonyl (C=O) groups is 2. The van der Waals surface area contributed by atoms with Crippen molar-refractivity contribution >= 4 is 17.6 Å². The molecule has 0 bridgehead atoms. The van der Waals surface area contributed by atoms with Gasteiger partial charge in [0.1, 0.15) is 11.5 Å². The van der Waals surface area contributed by atoms with Crippen molar-refractivity contribution < 1.29 is 19.4 Å². The lowest BCUT2D eigenvalue weighted by Gasteiger charge is -2.08. The maximum atomic E-state index is 11.8. The second-order valence-corrected chi connectivity index (χ2v) is 5.59. The van der Waals surface area contributed by atoms with Gasteiger partial charge in [0, 0.05) is 18.5 Å². The van der Waals surface area contributed by atoms with E-state index < -0.39 is 5.97 Å². The van der Waals surface area contributed by atoms with E-state index in [0.29, 0.717) is 30.7 Å². The predicted molar refractivity (Wildman–Crippen MR) is 92.4 cm³/mol. The van der Waals surface area contributed by atoms with Gasteiger partial charge in [-0.25, -0.2) is 0 Å². The van der Waals surface area contributed by atoms with E-state index in [9.17, 15) is 9.59 Å². The normalized spacial score (nSPS) is 10.2. The molecule has 0 aliphatic carbocycles.